The molecule has 0 saturated heterocycles. The number of aromatic nitrogens is 1. The van der Waals surface area contributed by atoms with Crippen molar-refractivity contribution in [2.75, 3.05) is 5.32 Å². The van der Waals surface area contributed by atoms with E-state index < -0.39 is 0 Å². The smallest absolute Gasteiger partial charge is 0.0733 e. The standard InChI is InChI=1S/C22H20N2O/c1-14-6-8-18-20(10-14)24-21-11-15(2)7-9-19(21)22(18)23-17-5-3-4-16(12-17)13-25/h3-12,25H,13H2,1-2H3,(H,23,24). The zero-order chi connectivity index (χ0) is 17.4. The summed E-state index contributed by atoms with van der Waals surface area (Å²) in [6.07, 6.45) is 0. The van der Waals surface area contributed by atoms with Crippen LogP contribution in [0.4, 0.5) is 11.4 Å². The van der Waals surface area contributed by atoms with E-state index in [-0.39, 0.29) is 6.61 Å². The summed E-state index contributed by atoms with van der Waals surface area (Å²) in [5.74, 6) is 0. The Labute approximate surface area is 147 Å². The van der Waals surface area contributed by atoms with E-state index in [9.17, 15) is 5.11 Å². The predicted octanol–water partition coefficient (Wildman–Crippen LogP) is 5.24. The summed E-state index contributed by atoms with van der Waals surface area (Å²) in [7, 11) is 0. The number of hydrogen-bond acceptors (Lipinski definition) is 3. The fourth-order valence-corrected chi connectivity index (χ4v) is 3.19. The van der Waals surface area contributed by atoms with Crippen LogP contribution in [-0.4, -0.2) is 10.1 Å². The van der Waals surface area contributed by atoms with Gasteiger partial charge >= 0.3 is 0 Å². The van der Waals surface area contributed by atoms with E-state index in [1.165, 1.54) is 11.1 Å². The van der Waals surface area contributed by atoms with Crippen molar-refractivity contribution in [3.05, 3.63) is 77.4 Å². The molecule has 0 spiro atoms. The van der Waals surface area contributed by atoms with E-state index in [2.05, 4.69) is 55.6 Å². The number of nitrogens with one attached hydrogen (secondary N) is 1. The third-order valence-corrected chi connectivity index (χ3v) is 4.46. The molecule has 3 aromatic carbocycles. The molecule has 2 N–H and O–H groups in total. The monoisotopic (exact) mass is 328 g/mol. The molecule has 1 heterocycles. The molecule has 0 saturated carbocycles. The molecule has 0 amide bonds. The molecular weight excluding hydrogens is 308 g/mol. The Morgan fingerprint density at radius 2 is 1.48 bits per heavy atom. The molecular formula is C22H20N2O. The molecule has 3 nitrogen and oxygen atoms in total. The first-order valence-corrected chi connectivity index (χ1v) is 8.41. The molecule has 3 heteroatoms. The van der Waals surface area contributed by atoms with Crippen LogP contribution >= 0.6 is 0 Å². The van der Waals surface area contributed by atoms with Gasteiger partial charge in [0.2, 0.25) is 0 Å². The maximum absolute atomic E-state index is 9.39. The maximum Gasteiger partial charge on any atom is 0.0733 e. The molecule has 0 fully saturated rings. The number of aryl methyl sites for hydroxylation is 2. The van der Waals surface area contributed by atoms with Gasteiger partial charge < -0.3 is 10.4 Å². The van der Waals surface area contributed by atoms with E-state index in [0.717, 1.165) is 38.7 Å². The first-order valence-electron chi connectivity index (χ1n) is 8.41. The van der Waals surface area contributed by atoms with Gasteiger partial charge in [0.15, 0.2) is 0 Å². The summed E-state index contributed by atoms with van der Waals surface area (Å²) >= 11 is 0. The van der Waals surface area contributed by atoms with Crippen LogP contribution < -0.4 is 5.32 Å². The van der Waals surface area contributed by atoms with Crippen molar-refractivity contribution in [1.29, 1.82) is 0 Å². The van der Waals surface area contributed by atoms with Gasteiger partial charge in [0.1, 0.15) is 0 Å². The van der Waals surface area contributed by atoms with Gasteiger partial charge in [0.25, 0.3) is 0 Å². The summed E-state index contributed by atoms with van der Waals surface area (Å²) in [6.45, 7) is 4.20. The number of fused-ring (bicyclic) bond motifs is 2. The topological polar surface area (TPSA) is 45.1 Å². The van der Waals surface area contributed by atoms with Crippen molar-refractivity contribution in [3.63, 3.8) is 0 Å². The number of benzene rings is 3. The molecule has 0 unspecified atom stereocenters. The molecule has 4 rings (SSSR count). The summed E-state index contributed by atoms with van der Waals surface area (Å²) in [6, 6.07) is 20.6. The van der Waals surface area contributed by atoms with Gasteiger partial charge in [-0.05, 0) is 54.8 Å². The minimum atomic E-state index is 0.0335. The number of aliphatic hydroxyl groups is 1. The van der Waals surface area contributed by atoms with E-state index in [0.29, 0.717) is 0 Å². The summed E-state index contributed by atoms with van der Waals surface area (Å²) in [5, 5.41) is 15.1. The average Bonchev–Trinajstić information content (AvgIpc) is 2.61. The van der Waals surface area contributed by atoms with Crippen LogP contribution in [0, 0.1) is 13.8 Å². The van der Waals surface area contributed by atoms with Crippen LogP contribution in [0.3, 0.4) is 0 Å². The van der Waals surface area contributed by atoms with Crippen molar-refractivity contribution in [1.82, 2.24) is 4.98 Å². The quantitative estimate of drug-likeness (QED) is 0.505. The van der Waals surface area contributed by atoms with Gasteiger partial charge in [-0.25, -0.2) is 4.98 Å². The van der Waals surface area contributed by atoms with Gasteiger partial charge in [-0.15, -0.1) is 0 Å². The largest absolute Gasteiger partial charge is 0.392 e. The Kier molecular flexibility index (Phi) is 3.86. The number of rotatable bonds is 3. The van der Waals surface area contributed by atoms with Gasteiger partial charge in [0.05, 0.1) is 23.3 Å². The lowest BCUT2D eigenvalue weighted by Crippen LogP contribution is -1.97. The minimum Gasteiger partial charge on any atom is -0.392 e. The molecule has 0 aliphatic heterocycles. The second-order valence-corrected chi connectivity index (χ2v) is 6.51. The molecule has 0 aliphatic rings. The second-order valence-electron chi connectivity index (χ2n) is 6.51. The predicted molar refractivity (Wildman–Crippen MR) is 104 cm³/mol. The van der Waals surface area contributed by atoms with Gasteiger partial charge in [-0.1, -0.05) is 36.4 Å². The fraction of sp³-hybridized carbons (Fsp3) is 0.136. The highest BCUT2D eigenvalue weighted by Gasteiger charge is 2.10. The average molecular weight is 328 g/mol. The second kappa shape index (κ2) is 6.19. The summed E-state index contributed by atoms with van der Waals surface area (Å²) in [4.78, 5) is 4.86. The summed E-state index contributed by atoms with van der Waals surface area (Å²) < 4.78 is 0. The Morgan fingerprint density at radius 1 is 0.840 bits per heavy atom. The van der Waals surface area contributed by atoms with Crippen LogP contribution in [-0.2, 0) is 6.61 Å². The number of pyridine rings is 1. The highest BCUT2D eigenvalue weighted by atomic mass is 16.3. The van der Waals surface area contributed by atoms with Crippen molar-refractivity contribution in [2.24, 2.45) is 0 Å². The molecule has 4 aromatic rings. The third kappa shape index (κ3) is 2.94. The fourth-order valence-electron chi connectivity index (χ4n) is 3.19. The van der Waals surface area contributed by atoms with Crippen molar-refractivity contribution in [3.8, 4) is 0 Å². The van der Waals surface area contributed by atoms with Gasteiger partial charge in [-0.3, -0.25) is 0 Å². The van der Waals surface area contributed by atoms with Crippen LogP contribution in [0.25, 0.3) is 21.8 Å². The van der Waals surface area contributed by atoms with Crippen molar-refractivity contribution >= 4 is 33.2 Å². The number of aliphatic hydroxyl groups excluding tert-OH is 1. The lowest BCUT2D eigenvalue weighted by molar-refractivity contribution is 0.282. The zero-order valence-electron chi connectivity index (χ0n) is 14.4. The molecule has 0 radical (unpaired) electrons. The number of anilines is 2. The normalized spacial score (nSPS) is 11.2. The van der Waals surface area contributed by atoms with Crippen LogP contribution in [0.2, 0.25) is 0 Å². The van der Waals surface area contributed by atoms with E-state index in [4.69, 9.17) is 4.98 Å². The number of hydrogen-bond donors (Lipinski definition) is 2. The Hall–Kier alpha value is -2.91. The lowest BCUT2D eigenvalue weighted by Gasteiger charge is -2.14. The SMILES string of the molecule is Cc1ccc2c(Nc3cccc(CO)c3)c3ccc(C)cc3nc2c1. The van der Waals surface area contributed by atoms with E-state index in [1.54, 1.807) is 0 Å². The Morgan fingerprint density at radius 3 is 2.08 bits per heavy atom. The van der Waals surface area contributed by atoms with Crippen LogP contribution in [0.5, 0.6) is 0 Å². The van der Waals surface area contributed by atoms with Crippen molar-refractivity contribution < 1.29 is 5.11 Å². The third-order valence-electron chi connectivity index (χ3n) is 4.46. The zero-order valence-corrected chi connectivity index (χ0v) is 14.4. The molecule has 124 valence electrons. The Balaban J connectivity index is 1.97. The highest BCUT2D eigenvalue weighted by molar-refractivity contribution is 6.08. The van der Waals surface area contributed by atoms with Gasteiger partial charge in [0, 0.05) is 16.5 Å². The van der Waals surface area contributed by atoms with Gasteiger partial charge in [-0.2, -0.15) is 0 Å². The summed E-state index contributed by atoms with van der Waals surface area (Å²) in [5.41, 5.74) is 7.26. The molecule has 0 aliphatic carbocycles. The van der Waals surface area contributed by atoms with Crippen molar-refractivity contribution in [2.45, 2.75) is 20.5 Å². The highest BCUT2D eigenvalue weighted by Crippen LogP contribution is 2.34. The van der Waals surface area contributed by atoms with E-state index >= 15 is 0 Å². The van der Waals surface area contributed by atoms with E-state index in [1.807, 2.05) is 24.3 Å². The molecule has 1 aromatic heterocycles. The molecule has 0 atom stereocenters. The molecule has 0 bridgehead atoms. The van der Waals surface area contributed by atoms with Crippen LogP contribution in [0.15, 0.2) is 60.7 Å². The van der Waals surface area contributed by atoms with Crippen LogP contribution in [0.1, 0.15) is 16.7 Å². The Bertz CT molecular complexity index is 1030. The number of nitrogens with zero attached hydrogens (tertiary/aromatic N) is 1. The first-order chi connectivity index (χ1) is 12.1. The maximum atomic E-state index is 9.39. The lowest BCUT2D eigenvalue weighted by atomic mass is 10.0. The minimum absolute atomic E-state index is 0.0335. The molecule has 25 heavy (non-hydrogen) atoms. The first kappa shape index (κ1) is 15.6.